The number of phenols is 1. The summed E-state index contributed by atoms with van der Waals surface area (Å²) in [6, 6.07) is 4.48. The summed E-state index contributed by atoms with van der Waals surface area (Å²) in [5.74, 6) is -0.870. The molecular formula is C12H15BrN2O3. The molecule has 1 aromatic carbocycles. The summed E-state index contributed by atoms with van der Waals surface area (Å²) in [5, 5.41) is 12.1. The topological polar surface area (TPSA) is 92.4 Å². The summed E-state index contributed by atoms with van der Waals surface area (Å²) in [4.78, 5) is 22.9. The highest BCUT2D eigenvalue weighted by molar-refractivity contribution is 9.10. The zero-order valence-electron chi connectivity index (χ0n) is 10.2. The van der Waals surface area contributed by atoms with Gasteiger partial charge in [0.15, 0.2) is 0 Å². The Morgan fingerprint density at radius 1 is 1.44 bits per heavy atom. The third kappa shape index (κ3) is 3.46. The fraction of sp³-hybridized carbons (Fsp3) is 0.333. The number of hydrogen-bond acceptors (Lipinski definition) is 3. The van der Waals surface area contributed by atoms with Crippen LogP contribution < -0.4 is 11.1 Å². The number of phenolic OH excluding ortho intramolecular Hbond substituents is 1. The van der Waals surface area contributed by atoms with E-state index in [1.807, 2.05) is 0 Å². The van der Waals surface area contributed by atoms with Crippen molar-refractivity contribution in [2.24, 2.45) is 11.1 Å². The second-order valence-corrected chi connectivity index (χ2v) is 5.45. The lowest BCUT2D eigenvalue weighted by atomic mass is 9.92. The van der Waals surface area contributed by atoms with E-state index in [0.29, 0.717) is 10.0 Å². The zero-order chi connectivity index (χ0) is 13.9. The highest BCUT2D eigenvalue weighted by atomic mass is 79.9. The van der Waals surface area contributed by atoms with E-state index in [0.717, 1.165) is 0 Å². The van der Waals surface area contributed by atoms with Crippen molar-refractivity contribution in [3.63, 3.8) is 0 Å². The fourth-order valence-electron chi connectivity index (χ4n) is 1.14. The fourth-order valence-corrected chi connectivity index (χ4v) is 1.39. The van der Waals surface area contributed by atoms with Gasteiger partial charge in [0.25, 0.3) is 5.91 Å². The number of rotatable bonds is 4. The summed E-state index contributed by atoms with van der Waals surface area (Å²) in [6.45, 7) is 3.43. The van der Waals surface area contributed by atoms with Crippen LogP contribution in [0.5, 0.6) is 5.75 Å². The first kappa shape index (κ1) is 14.5. The van der Waals surface area contributed by atoms with E-state index in [2.05, 4.69) is 21.2 Å². The van der Waals surface area contributed by atoms with Crippen LogP contribution in [0, 0.1) is 5.41 Å². The lowest BCUT2D eigenvalue weighted by molar-refractivity contribution is -0.125. The number of halogens is 1. The van der Waals surface area contributed by atoms with Crippen LogP contribution in [0.4, 0.5) is 0 Å². The maximum Gasteiger partial charge on any atom is 0.251 e. The molecule has 1 rings (SSSR count). The van der Waals surface area contributed by atoms with Gasteiger partial charge in [0.05, 0.1) is 9.89 Å². The second-order valence-electron chi connectivity index (χ2n) is 4.60. The first-order valence-electron chi connectivity index (χ1n) is 5.30. The maximum atomic E-state index is 11.8. The van der Waals surface area contributed by atoms with Crippen LogP contribution >= 0.6 is 15.9 Å². The lowest BCUT2D eigenvalue weighted by Crippen LogP contribution is -2.42. The van der Waals surface area contributed by atoms with Crippen molar-refractivity contribution in [2.75, 3.05) is 6.54 Å². The van der Waals surface area contributed by atoms with Gasteiger partial charge in [-0.3, -0.25) is 9.59 Å². The van der Waals surface area contributed by atoms with E-state index >= 15 is 0 Å². The Hall–Kier alpha value is -1.56. The van der Waals surface area contributed by atoms with Gasteiger partial charge in [-0.1, -0.05) is 0 Å². The highest BCUT2D eigenvalue weighted by Gasteiger charge is 2.25. The molecule has 0 atom stereocenters. The summed E-state index contributed by atoms with van der Waals surface area (Å²) in [6.07, 6.45) is 0. The second kappa shape index (κ2) is 5.39. The van der Waals surface area contributed by atoms with Crippen LogP contribution in [-0.2, 0) is 4.79 Å². The number of nitrogens with one attached hydrogen (secondary N) is 1. The average molecular weight is 315 g/mol. The number of carbonyl (C=O) groups is 2. The highest BCUT2D eigenvalue weighted by Crippen LogP contribution is 2.24. The number of aromatic hydroxyl groups is 1. The first-order chi connectivity index (χ1) is 8.24. The molecule has 0 aliphatic heterocycles. The molecule has 0 aliphatic carbocycles. The predicted octanol–water partition coefficient (Wildman–Crippen LogP) is 1.40. The van der Waals surface area contributed by atoms with Gasteiger partial charge in [-0.2, -0.15) is 0 Å². The Labute approximate surface area is 113 Å². The van der Waals surface area contributed by atoms with Gasteiger partial charge in [-0.15, -0.1) is 0 Å². The molecule has 0 aliphatic rings. The molecule has 0 heterocycles. The number of nitrogens with two attached hydrogens (primary N) is 1. The molecule has 0 radical (unpaired) electrons. The van der Waals surface area contributed by atoms with Crippen LogP contribution in [0.3, 0.4) is 0 Å². The van der Waals surface area contributed by atoms with Gasteiger partial charge < -0.3 is 16.2 Å². The molecule has 4 N–H and O–H groups in total. The third-order valence-electron chi connectivity index (χ3n) is 2.57. The summed E-state index contributed by atoms with van der Waals surface area (Å²) in [7, 11) is 0. The average Bonchev–Trinajstić information content (AvgIpc) is 2.29. The molecule has 98 valence electrons. The molecular weight excluding hydrogens is 300 g/mol. The third-order valence-corrected chi connectivity index (χ3v) is 3.24. The van der Waals surface area contributed by atoms with Crippen molar-refractivity contribution in [3.05, 3.63) is 28.2 Å². The van der Waals surface area contributed by atoms with E-state index in [1.54, 1.807) is 26.0 Å². The largest absolute Gasteiger partial charge is 0.507 e. The Bertz CT molecular complexity index is 486. The zero-order valence-corrected chi connectivity index (χ0v) is 11.7. The quantitative estimate of drug-likeness (QED) is 0.784. The molecule has 0 saturated heterocycles. The number of hydrogen-bond donors (Lipinski definition) is 3. The van der Waals surface area contributed by atoms with E-state index in [9.17, 15) is 14.7 Å². The molecule has 18 heavy (non-hydrogen) atoms. The van der Waals surface area contributed by atoms with Crippen LogP contribution in [0.25, 0.3) is 0 Å². The Morgan fingerprint density at radius 3 is 2.56 bits per heavy atom. The van der Waals surface area contributed by atoms with Crippen molar-refractivity contribution in [1.82, 2.24) is 5.32 Å². The smallest absolute Gasteiger partial charge is 0.251 e. The Balaban J connectivity index is 2.72. The molecule has 0 bridgehead atoms. The number of benzene rings is 1. The number of carbonyl (C=O) groups excluding carboxylic acids is 2. The van der Waals surface area contributed by atoms with Crippen molar-refractivity contribution < 1.29 is 14.7 Å². The van der Waals surface area contributed by atoms with Crippen LogP contribution in [0.15, 0.2) is 22.7 Å². The van der Waals surface area contributed by atoms with Crippen molar-refractivity contribution in [2.45, 2.75) is 13.8 Å². The van der Waals surface area contributed by atoms with Gasteiger partial charge in [0.2, 0.25) is 5.91 Å². The predicted molar refractivity (Wildman–Crippen MR) is 71.1 cm³/mol. The summed E-state index contributed by atoms with van der Waals surface area (Å²) in [5.41, 5.74) is 4.71. The molecule has 0 unspecified atom stereocenters. The molecule has 0 saturated carbocycles. The van der Waals surface area contributed by atoms with Crippen molar-refractivity contribution in [1.29, 1.82) is 0 Å². The monoisotopic (exact) mass is 314 g/mol. The number of primary amides is 1. The molecule has 0 spiro atoms. The standard InChI is InChI=1S/C12H15BrN2O3/c1-12(2,11(14)18)6-15-10(17)7-3-4-8(13)9(16)5-7/h3-5,16H,6H2,1-2H3,(H2,14,18)(H,15,17). The molecule has 6 heteroatoms. The minimum atomic E-state index is -0.812. The van der Waals surface area contributed by atoms with E-state index in [-0.39, 0.29) is 18.2 Å². The maximum absolute atomic E-state index is 11.8. The van der Waals surface area contributed by atoms with Gasteiger partial charge >= 0.3 is 0 Å². The molecule has 5 nitrogen and oxygen atoms in total. The van der Waals surface area contributed by atoms with E-state index in [4.69, 9.17) is 5.73 Å². The van der Waals surface area contributed by atoms with E-state index < -0.39 is 11.3 Å². The van der Waals surface area contributed by atoms with Gasteiger partial charge in [0, 0.05) is 12.1 Å². The van der Waals surface area contributed by atoms with Gasteiger partial charge in [-0.25, -0.2) is 0 Å². The first-order valence-corrected chi connectivity index (χ1v) is 6.10. The van der Waals surface area contributed by atoms with Gasteiger partial charge in [0.1, 0.15) is 5.75 Å². The Morgan fingerprint density at radius 2 is 2.06 bits per heavy atom. The summed E-state index contributed by atoms with van der Waals surface area (Å²) < 4.78 is 0.511. The van der Waals surface area contributed by atoms with Crippen LogP contribution in [-0.4, -0.2) is 23.5 Å². The normalized spacial score (nSPS) is 11.1. The van der Waals surface area contributed by atoms with Crippen molar-refractivity contribution in [3.8, 4) is 5.75 Å². The summed E-state index contributed by atoms with van der Waals surface area (Å²) >= 11 is 3.13. The van der Waals surface area contributed by atoms with Gasteiger partial charge in [-0.05, 0) is 48.0 Å². The van der Waals surface area contributed by atoms with Crippen LogP contribution in [0.2, 0.25) is 0 Å². The van der Waals surface area contributed by atoms with Crippen molar-refractivity contribution >= 4 is 27.7 Å². The molecule has 1 aromatic rings. The number of amides is 2. The minimum absolute atomic E-state index is 0.0168. The lowest BCUT2D eigenvalue weighted by Gasteiger charge is -2.20. The SMILES string of the molecule is CC(C)(CNC(=O)c1ccc(Br)c(O)c1)C(N)=O. The molecule has 0 fully saturated rings. The van der Waals surface area contributed by atoms with Crippen LogP contribution in [0.1, 0.15) is 24.2 Å². The Kier molecular flexibility index (Phi) is 4.34. The van der Waals surface area contributed by atoms with E-state index in [1.165, 1.54) is 6.07 Å². The molecule has 0 aromatic heterocycles. The molecule has 2 amide bonds. The minimum Gasteiger partial charge on any atom is -0.507 e.